The van der Waals surface area contributed by atoms with Crippen molar-refractivity contribution in [2.75, 3.05) is 6.54 Å². The molecule has 0 radical (unpaired) electrons. The zero-order chi connectivity index (χ0) is 39.0. The highest BCUT2D eigenvalue weighted by Crippen LogP contribution is 2.43. The number of hydrogen-bond acceptors (Lipinski definition) is 9. The van der Waals surface area contributed by atoms with Crippen molar-refractivity contribution < 1.29 is 29.1 Å². The van der Waals surface area contributed by atoms with Crippen LogP contribution in [0.4, 0.5) is 0 Å². The first-order chi connectivity index (χ1) is 25.8. The van der Waals surface area contributed by atoms with Crippen molar-refractivity contribution >= 4 is 29.5 Å². The third-order valence-electron chi connectivity index (χ3n) is 11.5. The van der Waals surface area contributed by atoms with Crippen LogP contribution in [0.1, 0.15) is 121 Å². The normalized spacial score (nSPS) is 22.9. The number of fused-ring (bicyclic) bond motifs is 1. The number of pyridine rings is 1. The van der Waals surface area contributed by atoms with Crippen LogP contribution in [0.2, 0.25) is 0 Å². The third kappa shape index (κ3) is 9.79. The van der Waals surface area contributed by atoms with Gasteiger partial charge in [-0.05, 0) is 79.9 Å². The van der Waals surface area contributed by atoms with Crippen molar-refractivity contribution in [1.82, 2.24) is 41.1 Å². The number of aliphatic hydroxyl groups is 1. The molecule has 3 fully saturated rings. The van der Waals surface area contributed by atoms with E-state index in [0.717, 1.165) is 56.9 Å². The van der Waals surface area contributed by atoms with Crippen LogP contribution in [0, 0.1) is 23.2 Å². The van der Waals surface area contributed by atoms with Crippen LogP contribution >= 0.6 is 0 Å². The molecule has 294 valence electrons. The molecule has 3 heterocycles. The van der Waals surface area contributed by atoms with E-state index in [1.54, 1.807) is 29.4 Å². The molecule has 14 nitrogen and oxygen atoms in total. The van der Waals surface area contributed by atoms with Gasteiger partial charge < -0.3 is 31.3 Å². The fourth-order valence-corrected chi connectivity index (χ4v) is 8.52. The van der Waals surface area contributed by atoms with Gasteiger partial charge in [-0.1, -0.05) is 59.8 Å². The summed E-state index contributed by atoms with van der Waals surface area (Å²) in [6.07, 6.45) is 13.9. The summed E-state index contributed by atoms with van der Waals surface area (Å²) in [7, 11) is 0. The molecule has 5 N–H and O–H groups in total. The Labute approximate surface area is 318 Å². The van der Waals surface area contributed by atoms with E-state index in [9.17, 15) is 29.1 Å². The predicted octanol–water partition coefficient (Wildman–Crippen LogP) is 3.23. The van der Waals surface area contributed by atoms with Crippen molar-refractivity contribution in [1.29, 1.82) is 0 Å². The third-order valence-corrected chi connectivity index (χ3v) is 11.5. The maximum Gasteiger partial charge on any atom is 0.272 e. The van der Waals surface area contributed by atoms with Crippen LogP contribution in [0.3, 0.4) is 0 Å². The number of carbonyl (C=O) groups is 5. The van der Waals surface area contributed by atoms with E-state index in [4.69, 9.17) is 0 Å². The number of rotatable bonds is 14. The molecule has 2 saturated carbocycles. The van der Waals surface area contributed by atoms with Gasteiger partial charge in [-0.25, -0.2) is 4.98 Å². The van der Waals surface area contributed by atoms with Gasteiger partial charge in [0, 0.05) is 31.3 Å². The molecule has 54 heavy (non-hydrogen) atoms. The molecule has 0 aromatic carbocycles. The van der Waals surface area contributed by atoms with Gasteiger partial charge in [-0.2, -0.15) is 0 Å². The average molecular weight is 747 g/mol. The first-order valence-corrected chi connectivity index (χ1v) is 19.7. The average Bonchev–Trinajstić information content (AvgIpc) is 3.77. The zero-order valence-electron chi connectivity index (χ0n) is 32.3. The lowest BCUT2D eigenvalue weighted by molar-refractivity contribution is -0.146. The summed E-state index contributed by atoms with van der Waals surface area (Å²) in [5, 5.41) is 23.0. The molecule has 2 aromatic heterocycles. The number of aromatic nitrogens is 3. The van der Waals surface area contributed by atoms with Crippen molar-refractivity contribution in [3.05, 3.63) is 54.4 Å². The number of carbonyl (C=O) groups excluding carboxylic acids is 5. The van der Waals surface area contributed by atoms with Crippen LogP contribution in [0.15, 0.2) is 43.1 Å². The highest BCUT2D eigenvalue weighted by molar-refractivity contribution is 5.98. The van der Waals surface area contributed by atoms with Gasteiger partial charge in [0.2, 0.25) is 17.7 Å². The van der Waals surface area contributed by atoms with E-state index in [0.29, 0.717) is 19.4 Å². The molecule has 14 heteroatoms. The quantitative estimate of drug-likeness (QED) is 0.193. The van der Waals surface area contributed by atoms with Crippen molar-refractivity contribution in [3.8, 4) is 0 Å². The summed E-state index contributed by atoms with van der Waals surface area (Å²) in [5.41, 5.74) is 0.175. The molecular formula is C40H58N8O6. The van der Waals surface area contributed by atoms with Gasteiger partial charge >= 0.3 is 0 Å². The Balaban J connectivity index is 1.34. The molecule has 1 unspecified atom stereocenters. The van der Waals surface area contributed by atoms with E-state index >= 15 is 0 Å². The van der Waals surface area contributed by atoms with E-state index in [1.165, 1.54) is 18.6 Å². The van der Waals surface area contributed by atoms with E-state index in [-0.39, 0.29) is 29.4 Å². The lowest BCUT2D eigenvalue weighted by Crippen LogP contribution is -2.62. The molecule has 5 rings (SSSR count). The monoisotopic (exact) mass is 746 g/mol. The number of nitrogens with zero attached hydrogens (tertiary/aromatic N) is 4. The van der Waals surface area contributed by atoms with Crippen molar-refractivity contribution in [2.24, 2.45) is 23.2 Å². The Kier molecular flexibility index (Phi) is 13.8. The topological polar surface area (TPSA) is 196 Å². The predicted molar refractivity (Wildman–Crippen MR) is 201 cm³/mol. The van der Waals surface area contributed by atoms with E-state index in [1.807, 2.05) is 34.6 Å². The molecule has 8 atom stereocenters. The Bertz CT molecular complexity index is 1600. The Morgan fingerprint density at radius 3 is 2.24 bits per heavy atom. The molecular weight excluding hydrogens is 688 g/mol. The van der Waals surface area contributed by atoms with Crippen molar-refractivity contribution in [2.45, 2.75) is 135 Å². The summed E-state index contributed by atoms with van der Waals surface area (Å²) in [4.78, 5) is 83.5. The Morgan fingerprint density at radius 1 is 0.870 bits per heavy atom. The van der Waals surface area contributed by atoms with Gasteiger partial charge in [0.25, 0.3) is 11.8 Å². The fraction of sp³-hybridized carbons (Fsp3) is 0.650. The minimum Gasteiger partial charge on any atom is -0.381 e. The van der Waals surface area contributed by atoms with Crippen LogP contribution in [0.5, 0.6) is 0 Å². The summed E-state index contributed by atoms with van der Waals surface area (Å²) in [6, 6.07) is -0.427. The second kappa shape index (κ2) is 18.2. The van der Waals surface area contributed by atoms with Crippen LogP contribution in [-0.4, -0.2) is 91.3 Å². The first-order valence-electron chi connectivity index (χ1n) is 19.7. The van der Waals surface area contributed by atoms with Gasteiger partial charge in [-0.3, -0.25) is 33.9 Å². The maximum atomic E-state index is 14.7. The van der Waals surface area contributed by atoms with Gasteiger partial charge in [0.15, 0.2) is 6.10 Å². The molecule has 5 amide bonds. The van der Waals surface area contributed by atoms with E-state index < -0.39 is 65.4 Å². The van der Waals surface area contributed by atoms with Gasteiger partial charge in [0.1, 0.15) is 23.8 Å². The zero-order valence-corrected chi connectivity index (χ0v) is 32.3. The van der Waals surface area contributed by atoms with Gasteiger partial charge in [-0.15, -0.1) is 0 Å². The van der Waals surface area contributed by atoms with Crippen LogP contribution in [-0.2, 0) is 19.2 Å². The summed E-state index contributed by atoms with van der Waals surface area (Å²) >= 11 is 0. The molecule has 1 aliphatic heterocycles. The largest absolute Gasteiger partial charge is 0.381 e. The van der Waals surface area contributed by atoms with Gasteiger partial charge in [0.05, 0.1) is 18.3 Å². The smallest absolute Gasteiger partial charge is 0.272 e. The Hall–Kier alpha value is -4.46. The molecule has 1 saturated heterocycles. The lowest BCUT2D eigenvalue weighted by atomic mass is 9.82. The fourth-order valence-electron chi connectivity index (χ4n) is 8.52. The summed E-state index contributed by atoms with van der Waals surface area (Å²) in [6.45, 7) is 9.70. The highest BCUT2D eigenvalue weighted by Gasteiger charge is 2.52. The van der Waals surface area contributed by atoms with Crippen LogP contribution < -0.4 is 21.3 Å². The standard InChI is InChI=1S/C40H58N8O6/c1-6-11-29(33(49)38(53)44-24(2)25-16-18-41-19-17-25)45-37(52)32-28-15-10-14-27(28)23-48(32)39(54)34(40(3,4)5)47-36(51)31(26-12-8-7-9-13-26)46-35(50)30-22-42-20-21-43-30/h16-22,24,26-29,31-34,49H,6-15,23H2,1-5H3,(H,44,53)(H,45,52)(H,46,50)(H,47,51)/t24-,27-,28-,29-,31-,32-,33?,34+/m0/s1. The molecule has 0 spiro atoms. The second-order valence-corrected chi connectivity index (χ2v) is 16.4. The highest BCUT2D eigenvalue weighted by atomic mass is 16.3. The Morgan fingerprint density at radius 2 is 1.59 bits per heavy atom. The summed E-state index contributed by atoms with van der Waals surface area (Å²) < 4.78 is 0. The molecule has 2 aliphatic carbocycles. The minimum atomic E-state index is -1.52. The summed E-state index contributed by atoms with van der Waals surface area (Å²) in [5.74, 6) is -2.46. The maximum absolute atomic E-state index is 14.7. The number of likely N-dealkylation sites (tertiary alicyclic amines) is 1. The number of amides is 5. The second-order valence-electron chi connectivity index (χ2n) is 16.4. The number of nitrogens with one attached hydrogen (secondary N) is 4. The number of hydrogen-bond donors (Lipinski definition) is 5. The minimum absolute atomic E-state index is 0.0912. The lowest BCUT2D eigenvalue weighted by Gasteiger charge is -2.38. The van der Waals surface area contributed by atoms with E-state index in [2.05, 4.69) is 36.2 Å². The van der Waals surface area contributed by atoms with Crippen LogP contribution in [0.25, 0.3) is 0 Å². The first kappa shape index (κ1) is 40.7. The number of aliphatic hydroxyl groups excluding tert-OH is 1. The molecule has 0 bridgehead atoms. The molecule has 3 aliphatic rings. The SMILES string of the molecule is CCC[C@H](NC(=O)[C@@H]1[C@H]2CCC[C@H]2CN1C(=O)[C@@H](NC(=O)[C@@H](NC(=O)c1cnccn1)C1CCCCC1)C(C)(C)C)C(O)C(=O)N[C@@H](C)c1ccncc1. The molecule has 2 aromatic rings. The van der Waals surface area contributed by atoms with Crippen molar-refractivity contribution in [3.63, 3.8) is 0 Å².